The summed E-state index contributed by atoms with van der Waals surface area (Å²) in [6.07, 6.45) is 9.19. The average molecular weight is 272 g/mol. The minimum Gasteiger partial charge on any atom is -0.469 e. The van der Waals surface area contributed by atoms with Crippen molar-refractivity contribution in [1.82, 2.24) is 0 Å². The van der Waals surface area contributed by atoms with E-state index in [0.29, 0.717) is 19.4 Å². The summed E-state index contributed by atoms with van der Waals surface area (Å²) in [5.41, 5.74) is 0. The summed E-state index contributed by atoms with van der Waals surface area (Å²) in [4.78, 5) is 22.2. The Morgan fingerprint density at radius 1 is 0.789 bits per heavy atom. The lowest BCUT2D eigenvalue weighted by atomic mass is 10.1. The first-order chi connectivity index (χ1) is 9.20. The zero-order chi connectivity index (χ0) is 14.3. The minimum atomic E-state index is -0.177. The van der Waals surface area contributed by atoms with Gasteiger partial charge in [0.25, 0.3) is 0 Å². The lowest BCUT2D eigenvalue weighted by Crippen LogP contribution is -2.06. The van der Waals surface area contributed by atoms with E-state index < -0.39 is 0 Å². The highest BCUT2D eigenvalue weighted by Gasteiger charge is 2.03. The SMILES string of the molecule is CCCCCCCC(=O)OCCCCCC(=O)OC. The monoisotopic (exact) mass is 272 g/mol. The number of esters is 2. The Morgan fingerprint density at radius 3 is 2.00 bits per heavy atom. The van der Waals surface area contributed by atoms with Gasteiger partial charge in [0.1, 0.15) is 0 Å². The minimum absolute atomic E-state index is 0.0931. The van der Waals surface area contributed by atoms with Gasteiger partial charge in [0.15, 0.2) is 0 Å². The van der Waals surface area contributed by atoms with Gasteiger partial charge in [0.2, 0.25) is 0 Å². The molecule has 0 bridgehead atoms. The van der Waals surface area contributed by atoms with Crippen molar-refractivity contribution < 1.29 is 19.1 Å². The van der Waals surface area contributed by atoms with E-state index >= 15 is 0 Å². The van der Waals surface area contributed by atoms with Crippen LogP contribution in [0.5, 0.6) is 0 Å². The standard InChI is InChI=1S/C15H28O4/c1-3-4-5-6-8-12-15(17)19-13-10-7-9-11-14(16)18-2/h3-13H2,1-2H3. The van der Waals surface area contributed by atoms with Crippen LogP contribution in [0, 0.1) is 0 Å². The topological polar surface area (TPSA) is 52.6 Å². The normalized spacial score (nSPS) is 10.2. The third-order valence-electron chi connectivity index (χ3n) is 3.00. The number of carbonyl (C=O) groups is 2. The Morgan fingerprint density at radius 2 is 1.37 bits per heavy atom. The van der Waals surface area contributed by atoms with Crippen molar-refractivity contribution in [2.75, 3.05) is 13.7 Å². The van der Waals surface area contributed by atoms with Gasteiger partial charge < -0.3 is 9.47 Å². The molecule has 0 rings (SSSR count). The van der Waals surface area contributed by atoms with E-state index in [1.165, 1.54) is 26.4 Å². The molecule has 0 unspecified atom stereocenters. The van der Waals surface area contributed by atoms with Crippen LogP contribution in [0.4, 0.5) is 0 Å². The fourth-order valence-corrected chi connectivity index (χ4v) is 1.78. The first-order valence-electron chi connectivity index (χ1n) is 7.43. The van der Waals surface area contributed by atoms with Crippen molar-refractivity contribution in [2.45, 2.75) is 71.1 Å². The molecule has 19 heavy (non-hydrogen) atoms. The lowest BCUT2D eigenvalue weighted by molar-refractivity contribution is -0.144. The Kier molecular flexibility index (Phi) is 12.6. The molecular weight excluding hydrogens is 244 g/mol. The maximum atomic E-state index is 11.4. The summed E-state index contributed by atoms with van der Waals surface area (Å²) in [5, 5.41) is 0. The fraction of sp³-hybridized carbons (Fsp3) is 0.867. The van der Waals surface area contributed by atoms with E-state index in [1.807, 2.05) is 0 Å². The molecule has 0 saturated heterocycles. The number of hydrogen-bond donors (Lipinski definition) is 0. The van der Waals surface area contributed by atoms with Crippen LogP contribution >= 0.6 is 0 Å². The second kappa shape index (κ2) is 13.4. The number of carbonyl (C=O) groups excluding carboxylic acids is 2. The van der Waals surface area contributed by atoms with Gasteiger partial charge in [-0.1, -0.05) is 32.6 Å². The number of unbranched alkanes of at least 4 members (excludes halogenated alkanes) is 6. The molecule has 0 atom stereocenters. The van der Waals surface area contributed by atoms with Gasteiger partial charge in [0.05, 0.1) is 13.7 Å². The van der Waals surface area contributed by atoms with Crippen LogP contribution in [0.15, 0.2) is 0 Å². The molecule has 0 aliphatic rings. The third kappa shape index (κ3) is 13.2. The number of methoxy groups -OCH3 is 1. The van der Waals surface area contributed by atoms with Crippen molar-refractivity contribution in [1.29, 1.82) is 0 Å². The van der Waals surface area contributed by atoms with Crippen molar-refractivity contribution >= 4 is 11.9 Å². The molecule has 0 fully saturated rings. The summed E-state index contributed by atoms with van der Waals surface area (Å²) in [5.74, 6) is -0.270. The first kappa shape index (κ1) is 17.9. The molecule has 0 aliphatic heterocycles. The quantitative estimate of drug-likeness (QED) is 0.402. The first-order valence-corrected chi connectivity index (χ1v) is 7.43. The molecule has 0 saturated carbocycles. The Hall–Kier alpha value is -1.06. The van der Waals surface area contributed by atoms with Gasteiger partial charge in [-0.15, -0.1) is 0 Å². The smallest absolute Gasteiger partial charge is 0.305 e. The van der Waals surface area contributed by atoms with Crippen molar-refractivity contribution in [3.8, 4) is 0 Å². The summed E-state index contributed by atoms with van der Waals surface area (Å²) < 4.78 is 9.67. The van der Waals surface area contributed by atoms with E-state index in [0.717, 1.165) is 32.1 Å². The van der Waals surface area contributed by atoms with Gasteiger partial charge in [-0.05, 0) is 25.7 Å². The zero-order valence-corrected chi connectivity index (χ0v) is 12.4. The lowest BCUT2D eigenvalue weighted by Gasteiger charge is -2.04. The van der Waals surface area contributed by atoms with Gasteiger partial charge in [-0.3, -0.25) is 9.59 Å². The average Bonchev–Trinajstić information content (AvgIpc) is 2.42. The van der Waals surface area contributed by atoms with Crippen LogP contribution in [0.3, 0.4) is 0 Å². The van der Waals surface area contributed by atoms with E-state index in [9.17, 15) is 9.59 Å². The predicted octanol–water partition coefficient (Wildman–Crippen LogP) is 3.62. The predicted molar refractivity (Wildman–Crippen MR) is 74.8 cm³/mol. The Balaban J connectivity index is 3.22. The van der Waals surface area contributed by atoms with Crippen molar-refractivity contribution in [3.05, 3.63) is 0 Å². The molecule has 0 amide bonds. The molecule has 112 valence electrons. The molecule has 0 radical (unpaired) electrons. The second-order valence-electron chi connectivity index (χ2n) is 4.77. The van der Waals surface area contributed by atoms with E-state index in [2.05, 4.69) is 11.7 Å². The number of ether oxygens (including phenoxy) is 2. The summed E-state index contributed by atoms with van der Waals surface area (Å²) in [7, 11) is 1.39. The van der Waals surface area contributed by atoms with Crippen LogP contribution in [-0.4, -0.2) is 25.7 Å². The van der Waals surface area contributed by atoms with Crippen LogP contribution in [-0.2, 0) is 19.1 Å². The van der Waals surface area contributed by atoms with Crippen molar-refractivity contribution in [3.63, 3.8) is 0 Å². The van der Waals surface area contributed by atoms with E-state index in [-0.39, 0.29) is 11.9 Å². The number of hydrogen-bond acceptors (Lipinski definition) is 4. The van der Waals surface area contributed by atoms with Crippen molar-refractivity contribution in [2.24, 2.45) is 0 Å². The highest BCUT2D eigenvalue weighted by atomic mass is 16.5. The molecule has 0 spiro atoms. The fourth-order valence-electron chi connectivity index (χ4n) is 1.78. The molecule has 0 aromatic rings. The van der Waals surface area contributed by atoms with Crippen LogP contribution in [0.2, 0.25) is 0 Å². The zero-order valence-electron chi connectivity index (χ0n) is 12.4. The van der Waals surface area contributed by atoms with E-state index in [1.54, 1.807) is 0 Å². The van der Waals surface area contributed by atoms with E-state index in [4.69, 9.17) is 4.74 Å². The highest BCUT2D eigenvalue weighted by Crippen LogP contribution is 2.06. The van der Waals surface area contributed by atoms with Crippen LogP contribution in [0.25, 0.3) is 0 Å². The van der Waals surface area contributed by atoms with Gasteiger partial charge >= 0.3 is 11.9 Å². The molecule has 0 heterocycles. The molecule has 0 N–H and O–H groups in total. The highest BCUT2D eigenvalue weighted by molar-refractivity contribution is 5.69. The summed E-state index contributed by atoms with van der Waals surface area (Å²) >= 11 is 0. The Labute approximate surface area is 116 Å². The van der Waals surface area contributed by atoms with Gasteiger partial charge in [-0.2, -0.15) is 0 Å². The second-order valence-corrected chi connectivity index (χ2v) is 4.77. The summed E-state index contributed by atoms with van der Waals surface area (Å²) in [6.45, 7) is 2.64. The van der Waals surface area contributed by atoms with Gasteiger partial charge in [0, 0.05) is 12.8 Å². The number of rotatable bonds is 12. The summed E-state index contributed by atoms with van der Waals surface area (Å²) in [6, 6.07) is 0. The van der Waals surface area contributed by atoms with Crippen LogP contribution < -0.4 is 0 Å². The largest absolute Gasteiger partial charge is 0.469 e. The molecule has 4 nitrogen and oxygen atoms in total. The maximum Gasteiger partial charge on any atom is 0.305 e. The molecule has 0 aliphatic carbocycles. The molecule has 0 aromatic heterocycles. The molecule has 4 heteroatoms. The maximum absolute atomic E-state index is 11.4. The molecular formula is C15H28O4. The Bertz CT molecular complexity index is 238. The molecule has 0 aromatic carbocycles. The van der Waals surface area contributed by atoms with Gasteiger partial charge in [-0.25, -0.2) is 0 Å². The van der Waals surface area contributed by atoms with Crippen LogP contribution in [0.1, 0.15) is 71.1 Å². The third-order valence-corrected chi connectivity index (χ3v) is 3.00.